The Hall–Kier alpha value is -1.37. The molecule has 0 aromatic carbocycles. The normalized spacial score (nSPS) is 14.3. The van der Waals surface area contributed by atoms with E-state index in [-0.39, 0.29) is 23.9 Å². The number of halogens is 3. The van der Waals surface area contributed by atoms with E-state index < -0.39 is 11.9 Å². The molecule has 1 heterocycles. The number of aliphatic hydroxyl groups excluding tert-OH is 1. The molecule has 1 rings (SSSR count). The summed E-state index contributed by atoms with van der Waals surface area (Å²) in [4.78, 5) is 0. The van der Waals surface area contributed by atoms with Crippen LogP contribution in [0.1, 0.15) is 32.9 Å². The average Bonchev–Trinajstić information content (AvgIpc) is 2.26. The third-order valence-electron chi connectivity index (χ3n) is 2.74. The summed E-state index contributed by atoms with van der Waals surface area (Å²) in [5, 5.41) is 18.7. The molecule has 0 fully saturated rings. The van der Waals surface area contributed by atoms with Crippen molar-refractivity contribution in [1.82, 2.24) is 10.2 Å². The van der Waals surface area contributed by atoms with Crippen LogP contribution in [-0.4, -0.2) is 28.0 Å². The van der Waals surface area contributed by atoms with Gasteiger partial charge in [-0.25, -0.2) is 0 Å². The van der Waals surface area contributed by atoms with E-state index in [1.807, 2.05) is 20.8 Å². The minimum absolute atomic E-state index is 0.0109. The molecule has 7 heteroatoms. The second-order valence-electron chi connectivity index (χ2n) is 5.38. The van der Waals surface area contributed by atoms with E-state index in [0.717, 1.165) is 6.07 Å². The lowest BCUT2D eigenvalue weighted by Crippen LogP contribution is -2.35. The first-order chi connectivity index (χ1) is 8.64. The van der Waals surface area contributed by atoms with Crippen molar-refractivity contribution in [3.05, 3.63) is 17.8 Å². The quantitative estimate of drug-likeness (QED) is 0.888. The van der Waals surface area contributed by atoms with Crippen molar-refractivity contribution in [2.75, 3.05) is 11.9 Å². The summed E-state index contributed by atoms with van der Waals surface area (Å²) >= 11 is 0. The standard InChI is InChI=1S/C12H18F3N3O/c1-11(2,3)8(6-7-19)16-10-5-4-9(17-18-10)12(13,14)15/h4-5,8,19H,6-7H2,1-3H3,(H,16,18). The number of hydrogen-bond acceptors (Lipinski definition) is 4. The predicted molar refractivity (Wildman–Crippen MR) is 65.6 cm³/mol. The molecule has 1 unspecified atom stereocenters. The van der Waals surface area contributed by atoms with E-state index in [9.17, 15) is 13.2 Å². The molecule has 0 saturated heterocycles. The summed E-state index contributed by atoms with van der Waals surface area (Å²) in [5.41, 5.74) is -1.18. The Bertz CT molecular complexity index is 398. The Morgan fingerprint density at radius 3 is 2.21 bits per heavy atom. The highest BCUT2D eigenvalue weighted by molar-refractivity contribution is 5.35. The van der Waals surface area contributed by atoms with Gasteiger partial charge in [-0.2, -0.15) is 13.2 Å². The minimum atomic E-state index is -4.49. The monoisotopic (exact) mass is 277 g/mol. The van der Waals surface area contributed by atoms with Crippen LogP contribution in [0.25, 0.3) is 0 Å². The molecule has 0 amide bonds. The van der Waals surface area contributed by atoms with E-state index >= 15 is 0 Å². The van der Waals surface area contributed by atoms with Gasteiger partial charge in [-0.3, -0.25) is 0 Å². The van der Waals surface area contributed by atoms with Gasteiger partial charge in [0.15, 0.2) is 5.69 Å². The molecule has 108 valence electrons. The Morgan fingerprint density at radius 1 is 1.21 bits per heavy atom. The maximum Gasteiger partial charge on any atom is 0.435 e. The zero-order valence-corrected chi connectivity index (χ0v) is 11.1. The molecule has 0 aliphatic rings. The van der Waals surface area contributed by atoms with E-state index in [1.165, 1.54) is 6.07 Å². The summed E-state index contributed by atoms with van der Waals surface area (Å²) in [6.45, 7) is 5.90. The molecule has 0 aliphatic heterocycles. The Balaban J connectivity index is 2.81. The van der Waals surface area contributed by atoms with Crippen LogP contribution in [0.2, 0.25) is 0 Å². The predicted octanol–water partition coefficient (Wildman–Crippen LogP) is 2.70. The first kappa shape index (κ1) is 15.7. The van der Waals surface area contributed by atoms with Crippen molar-refractivity contribution in [3.63, 3.8) is 0 Å². The number of hydrogen-bond donors (Lipinski definition) is 2. The van der Waals surface area contributed by atoms with Gasteiger partial charge >= 0.3 is 6.18 Å². The van der Waals surface area contributed by atoms with Crippen LogP contribution in [0.3, 0.4) is 0 Å². The molecular weight excluding hydrogens is 259 g/mol. The lowest BCUT2D eigenvalue weighted by Gasteiger charge is -2.31. The minimum Gasteiger partial charge on any atom is -0.396 e. The molecule has 2 N–H and O–H groups in total. The SMILES string of the molecule is CC(C)(C)C(CCO)Nc1ccc(C(F)(F)F)nn1. The highest BCUT2D eigenvalue weighted by Crippen LogP contribution is 2.28. The number of nitrogens with zero attached hydrogens (tertiary/aromatic N) is 2. The smallest absolute Gasteiger partial charge is 0.396 e. The van der Waals surface area contributed by atoms with Crippen LogP contribution in [0, 0.1) is 5.41 Å². The van der Waals surface area contributed by atoms with Crippen molar-refractivity contribution >= 4 is 5.82 Å². The fraction of sp³-hybridized carbons (Fsp3) is 0.667. The van der Waals surface area contributed by atoms with Gasteiger partial charge in [0.2, 0.25) is 0 Å². The van der Waals surface area contributed by atoms with Crippen LogP contribution in [0.15, 0.2) is 12.1 Å². The fourth-order valence-corrected chi connectivity index (χ4v) is 1.59. The van der Waals surface area contributed by atoms with Gasteiger partial charge < -0.3 is 10.4 Å². The Morgan fingerprint density at radius 2 is 1.84 bits per heavy atom. The average molecular weight is 277 g/mol. The second-order valence-corrected chi connectivity index (χ2v) is 5.38. The molecule has 1 aromatic rings. The van der Waals surface area contributed by atoms with Crippen molar-refractivity contribution < 1.29 is 18.3 Å². The van der Waals surface area contributed by atoms with E-state index in [1.54, 1.807) is 0 Å². The summed E-state index contributed by atoms with van der Waals surface area (Å²) in [7, 11) is 0. The zero-order chi connectivity index (χ0) is 14.7. The number of aromatic nitrogens is 2. The number of nitrogens with one attached hydrogen (secondary N) is 1. The van der Waals surface area contributed by atoms with E-state index in [2.05, 4.69) is 15.5 Å². The third-order valence-corrected chi connectivity index (χ3v) is 2.74. The van der Waals surface area contributed by atoms with Gasteiger partial charge in [-0.1, -0.05) is 20.8 Å². The first-order valence-electron chi connectivity index (χ1n) is 5.93. The molecule has 1 aromatic heterocycles. The molecule has 4 nitrogen and oxygen atoms in total. The van der Waals surface area contributed by atoms with Gasteiger partial charge in [0.25, 0.3) is 0 Å². The molecule has 0 saturated carbocycles. The fourth-order valence-electron chi connectivity index (χ4n) is 1.59. The second kappa shape index (κ2) is 5.73. The Kier molecular flexibility index (Phi) is 4.73. The summed E-state index contributed by atoms with van der Waals surface area (Å²) in [6.07, 6.45) is -4.01. The number of anilines is 1. The van der Waals surface area contributed by atoms with Crippen molar-refractivity contribution in [2.24, 2.45) is 5.41 Å². The van der Waals surface area contributed by atoms with E-state index in [4.69, 9.17) is 5.11 Å². The van der Waals surface area contributed by atoms with Crippen LogP contribution in [0.5, 0.6) is 0 Å². The van der Waals surface area contributed by atoms with Crippen molar-refractivity contribution in [2.45, 2.75) is 39.4 Å². The number of alkyl halides is 3. The molecular formula is C12H18F3N3O. The van der Waals surface area contributed by atoms with Crippen LogP contribution in [-0.2, 0) is 6.18 Å². The van der Waals surface area contributed by atoms with Gasteiger partial charge in [0, 0.05) is 12.6 Å². The Labute approximate surface area is 110 Å². The summed E-state index contributed by atoms with van der Waals surface area (Å²) in [5.74, 6) is 0.265. The van der Waals surface area contributed by atoms with Crippen molar-refractivity contribution in [1.29, 1.82) is 0 Å². The van der Waals surface area contributed by atoms with Crippen molar-refractivity contribution in [3.8, 4) is 0 Å². The molecule has 0 radical (unpaired) electrons. The lowest BCUT2D eigenvalue weighted by molar-refractivity contribution is -0.141. The third kappa shape index (κ3) is 4.66. The maximum absolute atomic E-state index is 12.3. The van der Waals surface area contributed by atoms with Crippen LogP contribution >= 0.6 is 0 Å². The lowest BCUT2D eigenvalue weighted by atomic mass is 9.85. The topological polar surface area (TPSA) is 58.0 Å². The largest absolute Gasteiger partial charge is 0.435 e. The molecule has 0 spiro atoms. The first-order valence-corrected chi connectivity index (χ1v) is 5.93. The van der Waals surface area contributed by atoms with Gasteiger partial charge in [-0.15, -0.1) is 10.2 Å². The highest BCUT2D eigenvalue weighted by Gasteiger charge is 2.33. The number of aliphatic hydroxyl groups is 1. The van der Waals surface area contributed by atoms with E-state index in [0.29, 0.717) is 6.42 Å². The number of rotatable bonds is 4. The summed E-state index contributed by atoms with van der Waals surface area (Å²) < 4.78 is 37.0. The van der Waals surface area contributed by atoms with Crippen LogP contribution in [0.4, 0.5) is 19.0 Å². The molecule has 19 heavy (non-hydrogen) atoms. The summed E-state index contributed by atoms with van der Waals surface area (Å²) in [6, 6.07) is 2.02. The van der Waals surface area contributed by atoms with Crippen LogP contribution < -0.4 is 5.32 Å². The highest BCUT2D eigenvalue weighted by atomic mass is 19.4. The maximum atomic E-state index is 12.3. The molecule has 1 atom stereocenters. The molecule has 0 bridgehead atoms. The zero-order valence-electron chi connectivity index (χ0n) is 11.1. The van der Waals surface area contributed by atoms with Gasteiger partial charge in [0.05, 0.1) is 0 Å². The van der Waals surface area contributed by atoms with Gasteiger partial charge in [-0.05, 0) is 24.0 Å². The van der Waals surface area contributed by atoms with Gasteiger partial charge in [0.1, 0.15) is 5.82 Å². The molecule has 0 aliphatic carbocycles.